The highest BCUT2D eigenvalue weighted by Crippen LogP contribution is 2.62. The van der Waals surface area contributed by atoms with Gasteiger partial charge in [-0.05, 0) is 77.4 Å². The Hall–Kier alpha value is -5.55. The number of nitrogens with one attached hydrogen (secondary N) is 1. The van der Waals surface area contributed by atoms with E-state index < -0.39 is 35.0 Å². The number of halogens is 1. The van der Waals surface area contributed by atoms with Crippen molar-refractivity contribution in [3.8, 4) is 11.8 Å². The summed E-state index contributed by atoms with van der Waals surface area (Å²) in [4.78, 5) is 45.6. The lowest BCUT2D eigenvalue weighted by Gasteiger charge is -2.38. The number of nitriles is 1. The van der Waals surface area contributed by atoms with Crippen molar-refractivity contribution in [3.05, 3.63) is 137 Å². The van der Waals surface area contributed by atoms with Crippen molar-refractivity contribution >= 4 is 29.2 Å². The number of benzene rings is 4. The highest BCUT2D eigenvalue weighted by Gasteiger charge is 2.70. The molecule has 0 aromatic heterocycles. The van der Waals surface area contributed by atoms with E-state index in [1.807, 2.05) is 59.5 Å². The normalized spacial score (nSPS) is 22.7. The molecule has 7 rings (SSSR count). The molecule has 3 heterocycles. The summed E-state index contributed by atoms with van der Waals surface area (Å²) in [5.74, 6) is -2.37. The van der Waals surface area contributed by atoms with E-state index in [1.165, 1.54) is 24.3 Å². The van der Waals surface area contributed by atoms with Crippen molar-refractivity contribution in [2.75, 3.05) is 11.9 Å². The maximum absolute atomic E-state index is 14.8. The third-order valence-electron chi connectivity index (χ3n) is 8.69. The number of para-hydroxylation sites is 1. The Morgan fingerprint density at radius 1 is 0.907 bits per heavy atom. The van der Waals surface area contributed by atoms with Crippen LogP contribution in [0.1, 0.15) is 43.4 Å². The van der Waals surface area contributed by atoms with Crippen molar-refractivity contribution in [1.29, 1.82) is 5.26 Å². The molecule has 1 amide bonds. The molecule has 43 heavy (non-hydrogen) atoms. The van der Waals surface area contributed by atoms with Crippen LogP contribution in [-0.2, 0) is 10.2 Å². The molecule has 210 valence electrons. The Labute approximate surface area is 246 Å². The van der Waals surface area contributed by atoms with Gasteiger partial charge in [0.25, 0.3) is 0 Å². The summed E-state index contributed by atoms with van der Waals surface area (Å²) in [6, 6.07) is 26.7. The number of carbonyl (C=O) groups is 3. The van der Waals surface area contributed by atoms with Gasteiger partial charge in [0.2, 0.25) is 5.91 Å². The number of amides is 1. The Bertz CT molecular complexity index is 1860. The molecule has 4 aromatic rings. The number of rotatable bonds is 6. The first-order valence-corrected chi connectivity index (χ1v) is 13.8. The molecule has 4 aromatic carbocycles. The minimum Gasteiger partial charge on any atom is -0.479 e. The molecule has 1 N–H and O–H groups in total. The number of ketones is 2. The second-order valence-electron chi connectivity index (χ2n) is 10.8. The number of hydrogen-bond donors (Lipinski definition) is 1. The van der Waals surface area contributed by atoms with Crippen molar-refractivity contribution < 1.29 is 23.5 Å². The quantitative estimate of drug-likeness (QED) is 0.299. The fourth-order valence-corrected chi connectivity index (χ4v) is 6.96. The monoisotopic (exact) mass is 569 g/mol. The van der Waals surface area contributed by atoms with Crippen molar-refractivity contribution in [2.45, 2.75) is 17.5 Å². The number of nitrogens with zero attached hydrogens (tertiary/aromatic N) is 2. The maximum atomic E-state index is 14.8. The zero-order chi connectivity index (χ0) is 29.7. The second-order valence-corrected chi connectivity index (χ2v) is 10.8. The first-order valence-electron chi connectivity index (χ1n) is 13.8. The third kappa shape index (κ3) is 3.89. The smallest absolute Gasteiger partial charge is 0.238 e. The molecule has 1 fully saturated rings. The number of hydrogen-bond acceptors (Lipinski definition) is 6. The van der Waals surface area contributed by atoms with Crippen LogP contribution < -0.4 is 10.1 Å². The average molecular weight is 570 g/mol. The molecular weight excluding hydrogens is 545 g/mol. The summed E-state index contributed by atoms with van der Waals surface area (Å²) in [7, 11) is 0. The van der Waals surface area contributed by atoms with E-state index in [0.29, 0.717) is 22.6 Å². The zero-order valence-corrected chi connectivity index (χ0v) is 22.7. The number of anilines is 1. The van der Waals surface area contributed by atoms with Crippen LogP contribution in [0, 0.1) is 23.1 Å². The Kier molecular flexibility index (Phi) is 6.17. The number of fused-ring (bicyclic) bond motifs is 6. The van der Waals surface area contributed by atoms with Crippen molar-refractivity contribution in [3.63, 3.8) is 0 Å². The topological polar surface area (TPSA) is 99.5 Å². The molecule has 0 radical (unpaired) electrons. The Balaban J connectivity index is 1.48. The fraction of sp³-hybridized carbons (Fsp3) is 0.143. The van der Waals surface area contributed by atoms with Gasteiger partial charge in [-0.1, -0.05) is 42.5 Å². The number of ether oxygens (including phenoxy) is 1. The van der Waals surface area contributed by atoms with Gasteiger partial charge in [0, 0.05) is 23.0 Å². The van der Waals surface area contributed by atoms with Crippen LogP contribution in [0.5, 0.6) is 5.75 Å². The van der Waals surface area contributed by atoms with E-state index in [4.69, 9.17) is 10.00 Å². The van der Waals surface area contributed by atoms with Gasteiger partial charge in [0.1, 0.15) is 29.1 Å². The van der Waals surface area contributed by atoms with Gasteiger partial charge in [0.15, 0.2) is 18.2 Å². The summed E-state index contributed by atoms with van der Waals surface area (Å²) in [5.41, 5.74) is 2.00. The van der Waals surface area contributed by atoms with Crippen LogP contribution >= 0.6 is 0 Å². The van der Waals surface area contributed by atoms with Crippen LogP contribution in [0.4, 0.5) is 10.1 Å². The third-order valence-corrected chi connectivity index (χ3v) is 8.69. The molecule has 0 bridgehead atoms. The molecule has 1 spiro atoms. The lowest BCUT2D eigenvalue weighted by Crippen LogP contribution is -2.49. The van der Waals surface area contributed by atoms with Crippen molar-refractivity contribution in [2.24, 2.45) is 5.92 Å². The summed E-state index contributed by atoms with van der Waals surface area (Å²) in [5, 5.41) is 11.9. The van der Waals surface area contributed by atoms with Crippen LogP contribution in [-0.4, -0.2) is 35.0 Å². The SMILES string of the molecule is N#CCOc1ccc(C(=O)[C@@H]2[C@H](C(=O)c3ccc(F)cc3)N3C=Cc4ccccc4[C@@H]3[C@]23C(=O)Nc2ccccc23)cc1. The molecule has 7 nitrogen and oxygen atoms in total. The summed E-state index contributed by atoms with van der Waals surface area (Å²) in [6.45, 7) is -0.146. The lowest BCUT2D eigenvalue weighted by atomic mass is 9.62. The van der Waals surface area contributed by atoms with E-state index in [9.17, 15) is 18.8 Å². The van der Waals surface area contributed by atoms with Gasteiger partial charge in [-0.25, -0.2) is 4.39 Å². The summed E-state index contributed by atoms with van der Waals surface area (Å²) in [6.07, 6.45) is 3.68. The summed E-state index contributed by atoms with van der Waals surface area (Å²) < 4.78 is 19.3. The van der Waals surface area contributed by atoms with Gasteiger partial charge < -0.3 is 15.0 Å². The average Bonchev–Trinajstić information content (AvgIpc) is 3.52. The van der Waals surface area contributed by atoms with Crippen LogP contribution in [0.25, 0.3) is 6.08 Å². The zero-order valence-electron chi connectivity index (χ0n) is 22.7. The van der Waals surface area contributed by atoms with Crippen LogP contribution in [0.3, 0.4) is 0 Å². The second kappa shape index (κ2) is 10.1. The molecule has 3 aliphatic rings. The molecule has 4 atom stereocenters. The van der Waals surface area contributed by atoms with E-state index in [2.05, 4.69) is 5.32 Å². The molecule has 0 saturated carbocycles. The van der Waals surface area contributed by atoms with Gasteiger partial charge in [-0.2, -0.15) is 5.26 Å². The van der Waals surface area contributed by atoms with Crippen molar-refractivity contribution in [1.82, 2.24) is 4.90 Å². The number of Topliss-reactive ketones (excluding diaryl/α,β-unsaturated/α-hetero) is 2. The minimum atomic E-state index is -1.47. The van der Waals surface area contributed by atoms with E-state index in [-0.39, 0.29) is 23.9 Å². The van der Waals surface area contributed by atoms with E-state index in [0.717, 1.165) is 11.1 Å². The highest BCUT2D eigenvalue weighted by molar-refractivity contribution is 6.16. The highest BCUT2D eigenvalue weighted by atomic mass is 19.1. The molecule has 0 unspecified atom stereocenters. The molecule has 3 aliphatic heterocycles. The molecular formula is C35H24FN3O4. The largest absolute Gasteiger partial charge is 0.479 e. The minimum absolute atomic E-state index is 0.146. The standard InChI is InChI=1S/C35H24FN3O4/c36-24-13-9-23(10-14-24)32(41)30-29(31(40)22-11-15-25(16-12-22)43-20-18-37)35(27-7-3-4-8-28(27)38-34(35)42)33-26-6-2-1-5-21(26)17-19-39(30)33/h1-17,19,29-30,33H,20H2,(H,38,42)/t29-,30+,33+,35+/m0/s1. The van der Waals surface area contributed by atoms with Gasteiger partial charge >= 0.3 is 0 Å². The van der Waals surface area contributed by atoms with E-state index >= 15 is 0 Å². The van der Waals surface area contributed by atoms with E-state index in [1.54, 1.807) is 36.5 Å². The molecule has 1 saturated heterocycles. The Morgan fingerprint density at radius 2 is 1.58 bits per heavy atom. The Morgan fingerprint density at radius 3 is 2.35 bits per heavy atom. The van der Waals surface area contributed by atoms with Gasteiger partial charge in [-0.3, -0.25) is 14.4 Å². The first-order chi connectivity index (χ1) is 20.9. The van der Waals surface area contributed by atoms with Crippen LogP contribution in [0.15, 0.2) is 103 Å². The van der Waals surface area contributed by atoms with Gasteiger partial charge in [0.05, 0.1) is 12.0 Å². The number of carbonyl (C=O) groups excluding carboxylic acids is 3. The van der Waals surface area contributed by atoms with Crippen LogP contribution in [0.2, 0.25) is 0 Å². The fourth-order valence-electron chi connectivity index (χ4n) is 6.96. The lowest BCUT2D eigenvalue weighted by molar-refractivity contribution is -0.122. The first kappa shape index (κ1) is 26.4. The molecule has 8 heteroatoms. The molecule has 0 aliphatic carbocycles. The predicted molar refractivity (Wildman–Crippen MR) is 157 cm³/mol. The predicted octanol–water partition coefficient (Wildman–Crippen LogP) is 5.71. The van der Waals surface area contributed by atoms with Gasteiger partial charge in [-0.15, -0.1) is 0 Å². The maximum Gasteiger partial charge on any atom is 0.238 e. The summed E-state index contributed by atoms with van der Waals surface area (Å²) >= 11 is 0.